The Morgan fingerprint density at radius 1 is 1.25 bits per heavy atom. The predicted molar refractivity (Wildman–Crippen MR) is 110 cm³/mol. The van der Waals surface area contributed by atoms with Crippen LogP contribution >= 0.6 is 11.6 Å². The van der Waals surface area contributed by atoms with Gasteiger partial charge in [-0.3, -0.25) is 4.79 Å². The number of aryl methyl sites for hydroxylation is 1. The van der Waals surface area contributed by atoms with Gasteiger partial charge in [0.2, 0.25) is 5.91 Å². The Kier molecular flexibility index (Phi) is 5.72. The summed E-state index contributed by atoms with van der Waals surface area (Å²) in [6.45, 7) is 4.68. The molecule has 2 aliphatic rings. The van der Waals surface area contributed by atoms with E-state index in [1.165, 1.54) is 32.1 Å². The second-order valence-corrected chi connectivity index (χ2v) is 8.81. The highest BCUT2D eigenvalue weighted by molar-refractivity contribution is 6.31. The van der Waals surface area contributed by atoms with Crippen LogP contribution in [-0.4, -0.2) is 38.7 Å². The third kappa shape index (κ3) is 3.69. The molecule has 1 aromatic heterocycles. The predicted octanol–water partition coefficient (Wildman–Crippen LogP) is 4.46. The molecule has 1 aromatic carbocycles. The van der Waals surface area contributed by atoms with E-state index in [2.05, 4.69) is 26.6 Å². The van der Waals surface area contributed by atoms with E-state index in [9.17, 15) is 4.79 Å². The van der Waals surface area contributed by atoms with Gasteiger partial charge in [0.1, 0.15) is 12.2 Å². The van der Waals surface area contributed by atoms with E-state index >= 15 is 0 Å². The number of rotatable bonds is 5. The Hall–Kier alpha value is -1.88. The van der Waals surface area contributed by atoms with E-state index in [1.807, 2.05) is 30.6 Å². The second kappa shape index (κ2) is 8.24. The van der Waals surface area contributed by atoms with E-state index in [1.54, 1.807) is 0 Å². The highest BCUT2D eigenvalue weighted by Crippen LogP contribution is 2.51. The summed E-state index contributed by atoms with van der Waals surface area (Å²) in [5.74, 6) is 1.51. The van der Waals surface area contributed by atoms with Gasteiger partial charge in [0.05, 0.1) is 6.42 Å². The van der Waals surface area contributed by atoms with Crippen LogP contribution in [0.15, 0.2) is 30.6 Å². The van der Waals surface area contributed by atoms with Crippen molar-refractivity contribution in [3.05, 3.63) is 47.0 Å². The Morgan fingerprint density at radius 2 is 2.04 bits per heavy atom. The number of hydrogen-bond acceptors (Lipinski definition) is 3. The van der Waals surface area contributed by atoms with Crippen LogP contribution in [0.3, 0.4) is 0 Å². The van der Waals surface area contributed by atoms with Crippen LogP contribution in [0.4, 0.5) is 0 Å². The van der Waals surface area contributed by atoms with E-state index in [-0.39, 0.29) is 17.2 Å². The molecule has 150 valence electrons. The van der Waals surface area contributed by atoms with Crippen LogP contribution in [0.1, 0.15) is 62.8 Å². The fraction of sp³-hybridized carbons (Fsp3) is 0.591. The number of aromatic nitrogens is 3. The summed E-state index contributed by atoms with van der Waals surface area (Å²) in [6.07, 6.45) is 9.40. The average Bonchev–Trinajstić information content (AvgIpc) is 3.29. The third-order valence-corrected chi connectivity index (χ3v) is 6.94. The van der Waals surface area contributed by atoms with Crippen molar-refractivity contribution in [1.29, 1.82) is 0 Å². The van der Waals surface area contributed by atoms with Gasteiger partial charge >= 0.3 is 0 Å². The fourth-order valence-corrected chi connectivity index (χ4v) is 5.34. The summed E-state index contributed by atoms with van der Waals surface area (Å²) in [7, 11) is 0. The molecule has 6 heteroatoms. The molecular weight excluding hydrogens is 372 g/mol. The lowest BCUT2D eigenvalue weighted by atomic mass is 9.67. The molecule has 1 unspecified atom stereocenters. The zero-order chi connectivity index (χ0) is 19.6. The molecule has 5 nitrogen and oxygen atoms in total. The van der Waals surface area contributed by atoms with Gasteiger partial charge in [-0.2, -0.15) is 0 Å². The summed E-state index contributed by atoms with van der Waals surface area (Å²) >= 11 is 6.29. The first kappa shape index (κ1) is 19.4. The molecule has 28 heavy (non-hydrogen) atoms. The quantitative estimate of drug-likeness (QED) is 0.744. The minimum Gasteiger partial charge on any atom is -0.341 e. The summed E-state index contributed by atoms with van der Waals surface area (Å²) in [5, 5.41) is 9.38. The standard InChI is InChI=1S/C22H29ClN4O/c1-2-12-26-16-24-25-21(26)18-14-27(15-22(18)10-6-3-7-11-22)20(28)13-17-8-4-5-9-19(17)23/h4-5,8-9,16,18H,2-3,6-7,10-15H2,1H3. The lowest BCUT2D eigenvalue weighted by Gasteiger charge is -2.37. The Morgan fingerprint density at radius 3 is 2.79 bits per heavy atom. The molecule has 1 spiro atoms. The molecule has 1 saturated carbocycles. The number of carbonyl (C=O) groups is 1. The zero-order valence-electron chi connectivity index (χ0n) is 16.6. The number of likely N-dealkylation sites (tertiary alicyclic amines) is 1. The highest BCUT2D eigenvalue weighted by Gasteiger charge is 2.50. The molecule has 0 radical (unpaired) electrons. The van der Waals surface area contributed by atoms with Gasteiger partial charge in [-0.05, 0) is 36.3 Å². The minimum atomic E-state index is 0.146. The third-order valence-electron chi connectivity index (χ3n) is 6.57. The number of hydrogen-bond donors (Lipinski definition) is 0. The van der Waals surface area contributed by atoms with E-state index in [0.29, 0.717) is 11.4 Å². The fourth-order valence-electron chi connectivity index (χ4n) is 5.14. The molecule has 1 saturated heterocycles. The summed E-state index contributed by atoms with van der Waals surface area (Å²) in [6, 6.07) is 7.64. The summed E-state index contributed by atoms with van der Waals surface area (Å²) in [5.41, 5.74) is 1.05. The molecule has 2 fully saturated rings. The van der Waals surface area contributed by atoms with Gasteiger partial charge in [0.15, 0.2) is 0 Å². The van der Waals surface area contributed by atoms with Crippen molar-refractivity contribution in [3.8, 4) is 0 Å². The molecule has 1 aliphatic heterocycles. The number of nitrogens with zero attached hydrogens (tertiary/aromatic N) is 4. The van der Waals surface area contributed by atoms with Gasteiger partial charge in [0, 0.05) is 30.6 Å². The largest absolute Gasteiger partial charge is 0.341 e. The van der Waals surface area contributed by atoms with E-state index in [0.717, 1.165) is 37.4 Å². The number of carbonyl (C=O) groups excluding carboxylic acids is 1. The van der Waals surface area contributed by atoms with E-state index in [4.69, 9.17) is 11.6 Å². The van der Waals surface area contributed by atoms with Gasteiger partial charge in [-0.1, -0.05) is 56.0 Å². The first-order valence-corrected chi connectivity index (χ1v) is 10.9. The number of benzene rings is 1. The van der Waals surface area contributed by atoms with Crippen molar-refractivity contribution in [3.63, 3.8) is 0 Å². The van der Waals surface area contributed by atoms with Crippen molar-refractivity contribution in [2.24, 2.45) is 5.41 Å². The monoisotopic (exact) mass is 400 g/mol. The van der Waals surface area contributed by atoms with Crippen LogP contribution in [-0.2, 0) is 17.8 Å². The van der Waals surface area contributed by atoms with Gasteiger partial charge in [-0.25, -0.2) is 0 Å². The van der Waals surface area contributed by atoms with Crippen molar-refractivity contribution in [2.75, 3.05) is 13.1 Å². The second-order valence-electron chi connectivity index (χ2n) is 8.40. The lowest BCUT2D eigenvalue weighted by Crippen LogP contribution is -2.35. The van der Waals surface area contributed by atoms with Crippen LogP contribution in [0.2, 0.25) is 5.02 Å². The van der Waals surface area contributed by atoms with Crippen LogP contribution in [0, 0.1) is 5.41 Å². The van der Waals surface area contributed by atoms with E-state index < -0.39 is 0 Å². The molecule has 2 aromatic rings. The molecular formula is C22H29ClN4O. The number of halogens is 1. The molecule has 0 N–H and O–H groups in total. The van der Waals surface area contributed by atoms with Crippen molar-refractivity contribution < 1.29 is 4.79 Å². The zero-order valence-corrected chi connectivity index (χ0v) is 17.4. The smallest absolute Gasteiger partial charge is 0.227 e. The SMILES string of the molecule is CCCn1cnnc1C1CN(C(=O)Cc2ccccc2Cl)CC12CCCCC2. The maximum Gasteiger partial charge on any atom is 0.227 e. The maximum atomic E-state index is 13.1. The van der Waals surface area contributed by atoms with Crippen molar-refractivity contribution in [2.45, 2.75) is 64.3 Å². The molecule has 4 rings (SSSR count). The number of amides is 1. The van der Waals surface area contributed by atoms with Crippen molar-refractivity contribution >= 4 is 17.5 Å². The first-order valence-electron chi connectivity index (χ1n) is 10.5. The molecule has 1 aliphatic carbocycles. The molecule has 1 amide bonds. The lowest BCUT2D eigenvalue weighted by molar-refractivity contribution is -0.129. The normalized spacial score (nSPS) is 21.4. The molecule has 0 bridgehead atoms. The summed E-state index contributed by atoms with van der Waals surface area (Å²) < 4.78 is 2.20. The highest BCUT2D eigenvalue weighted by atomic mass is 35.5. The molecule has 1 atom stereocenters. The topological polar surface area (TPSA) is 51.0 Å². The van der Waals surface area contributed by atoms with Crippen LogP contribution in [0.25, 0.3) is 0 Å². The van der Waals surface area contributed by atoms with Crippen molar-refractivity contribution in [1.82, 2.24) is 19.7 Å². The van der Waals surface area contributed by atoms with Crippen LogP contribution < -0.4 is 0 Å². The minimum absolute atomic E-state index is 0.146. The van der Waals surface area contributed by atoms with Gasteiger partial charge in [-0.15, -0.1) is 10.2 Å². The van der Waals surface area contributed by atoms with Crippen LogP contribution in [0.5, 0.6) is 0 Å². The van der Waals surface area contributed by atoms with Gasteiger partial charge in [0.25, 0.3) is 0 Å². The first-order chi connectivity index (χ1) is 13.6. The maximum absolute atomic E-state index is 13.1. The molecule has 2 heterocycles. The average molecular weight is 401 g/mol. The Bertz CT molecular complexity index is 827. The Balaban J connectivity index is 1.58. The summed E-state index contributed by atoms with van der Waals surface area (Å²) in [4.78, 5) is 15.2. The Labute approximate surface area is 172 Å². The van der Waals surface area contributed by atoms with Gasteiger partial charge < -0.3 is 9.47 Å².